The van der Waals surface area contributed by atoms with Crippen molar-refractivity contribution in [2.75, 3.05) is 18.4 Å². The molecule has 0 aliphatic rings. The van der Waals surface area contributed by atoms with Crippen LogP contribution < -0.4 is 16.6 Å². The zero-order valence-electron chi connectivity index (χ0n) is 6.30. The van der Waals surface area contributed by atoms with Crippen LogP contribution in [0.3, 0.4) is 0 Å². The van der Waals surface area contributed by atoms with Gasteiger partial charge in [-0.2, -0.15) is 5.10 Å². The molecule has 1 heterocycles. The van der Waals surface area contributed by atoms with Crippen LogP contribution in [0.25, 0.3) is 0 Å². The molecule has 0 saturated carbocycles. The summed E-state index contributed by atoms with van der Waals surface area (Å²) in [6.45, 7) is 1.04. The van der Waals surface area contributed by atoms with Gasteiger partial charge in [-0.3, -0.25) is 4.79 Å². The minimum absolute atomic E-state index is 0.110. The SMILES string of the molecule is NCCNc1cn[nH]c(=O)c1Cl. The van der Waals surface area contributed by atoms with E-state index in [-0.39, 0.29) is 5.02 Å². The normalized spacial score (nSPS) is 9.83. The molecule has 0 radical (unpaired) electrons. The molecule has 0 aliphatic heterocycles. The third kappa shape index (κ3) is 1.96. The number of aromatic nitrogens is 2. The largest absolute Gasteiger partial charge is 0.381 e. The van der Waals surface area contributed by atoms with Crippen LogP contribution in [0.15, 0.2) is 11.0 Å². The number of nitrogens with zero attached hydrogens (tertiary/aromatic N) is 1. The smallest absolute Gasteiger partial charge is 0.285 e. The summed E-state index contributed by atoms with van der Waals surface area (Å²) in [7, 11) is 0. The van der Waals surface area contributed by atoms with Crippen molar-refractivity contribution >= 4 is 17.3 Å². The first-order valence-corrected chi connectivity index (χ1v) is 3.80. The van der Waals surface area contributed by atoms with Crippen LogP contribution in [-0.2, 0) is 0 Å². The lowest BCUT2D eigenvalue weighted by atomic mass is 10.4. The molecule has 5 nitrogen and oxygen atoms in total. The van der Waals surface area contributed by atoms with E-state index in [9.17, 15) is 4.79 Å². The maximum absolute atomic E-state index is 10.9. The molecule has 0 aliphatic carbocycles. The fraction of sp³-hybridized carbons (Fsp3) is 0.333. The van der Waals surface area contributed by atoms with Crippen molar-refractivity contribution < 1.29 is 0 Å². The van der Waals surface area contributed by atoms with E-state index >= 15 is 0 Å². The maximum Gasteiger partial charge on any atom is 0.285 e. The van der Waals surface area contributed by atoms with Gasteiger partial charge in [-0.05, 0) is 0 Å². The van der Waals surface area contributed by atoms with Crippen LogP contribution in [-0.4, -0.2) is 23.3 Å². The molecule has 0 unspecified atom stereocenters. The van der Waals surface area contributed by atoms with Crippen molar-refractivity contribution in [3.63, 3.8) is 0 Å². The Kier molecular flexibility index (Phi) is 3.07. The van der Waals surface area contributed by atoms with Gasteiger partial charge >= 0.3 is 0 Å². The van der Waals surface area contributed by atoms with E-state index in [1.165, 1.54) is 6.20 Å². The average molecular weight is 189 g/mol. The van der Waals surface area contributed by atoms with Crippen molar-refractivity contribution in [2.24, 2.45) is 5.73 Å². The quantitative estimate of drug-likeness (QED) is 0.613. The van der Waals surface area contributed by atoms with E-state index in [0.29, 0.717) is 18.8 Å². The Balaban J connectivity index is 2.85. The number of hydrogen-bond acceptors (Lipinski definition) is 4. The summed E-state index contributed by atoms with van der Waals surface area (Å²) in [5.41, 5.74) is 5.35. The molecule has 0 atom stereocenters. The van der Waals surface area contributed by atoms with Crippen LogP contribution in [0.5, 0.6) is 0 Å². The highest BCUT2D eigenvalue weighted by Crippen LogP contribution is 2.13. The summed E-state index contributed by atoms with van der Waals surface area (Å²) in [4.78, 5) is 10.9. The lowest BCUT2D eigenvalue weighted by Gasteiger charge is -2.03. The highest BCUT2D eigenvalue weighted by atomic mass is 35.5. The average Bonchev–Trinajstić information content (AvgIpc) is 2.08. The standard InChI is InChI=1S/C6H9ClN4O/c7-5-4(9-2-1-8)3-10-11-6(5)12/h3H,1-2,8H2,(H2,9,11,12). The van der Waals surface area contributed by atoms with E-state index in [1.54, 1.807) is 0 Å². The number of rotatable bonds is 3. The second-order valence-electron chi connectivity index (χ2n) is 2.14. The molecule has 0 fully saturated rings. The van der Waals surface area contributed by atoms with Gasteiger partial charge in [-0.25, -0.2) is 5.10 Å². The number of anilines is 1. The van der Waals surface area contributed by atoms with E-state index in [1.807, 2.05) is 0 Å². The van der Waals surface area contributed by atoms with Crippen LogP contribution in [0.1, 0.15) is 0 Å². The first-order valence-electron chi connectivity index (χ1n) is 3.43. The molecule has 0 amide bonds. The van der Waals surface area contributed by atoms with Gasteiger partial charge in [0.25, 0.3) is 5.56 Å². The predicted molar refractivity (Wildman–Crippen MR) is 47.4 cm³/mol. The Morgan fingerprint density at radius 2 is 2.50 bits per heavy atom. The molecule has 12 heavy (non-hydrogen) atoms. The lowest BCUT2D eigenvalue weighted by molar-refractivity contribution is 0.971. The zero-order chi connectivity index (χ0) is 8.97. The number of nitrogens with two attached hydrogens (primary N) is 1. The number of aromatic amines is 1. The van der Waals surface area contributed by atoms with Crippen molar-refractivity contribution in [3.05, 3.63) is 21.6 Å². The molecular formula is C6H9ClN4O. The number of H-pyrrole nitrogens is 1. The van der Waals surface area contributed by atoms with Gasteiger partial charge in [0, 0.05) is 13.1 Å². The molecular weight excluding hydrogens is 180 g/mol. The van der Waals surface area contributed by atoms with Gasteiger partial charge in [0.2, 0.25) is 0 Å². The van der Waals surface area contributed by atoms with Crippen molar-refractivity contribution in [1.29, 1.82) is 0 Å². The van der Waals surface area contributed by atoms with Gasteiger partial charge in [0.1, 0.15) is 5.02 Å². The predicted octanol–water partition coefficient (Wildman–Crippen LogP) is -0.206. The molecule has 1 rings (SSSR count). The van der Waals surface area contributed by atoms with Gasteiger partial charge in [0.15, 0.2) is 0 Å². The maximum atomic E-state index is 10.9. The Morgan fingerprint density at radius 1 is 1.75 bits per heavy atom. The molecule has 0 spiro atoms. The summed E-state index contributed by atoms with van der Waals surface area (Å²) >= 11 is 5.64. The fourth-order valence-corrected chi connectivity index (χ4v) is 0.871. The van der Waals surface area contributed by atoms with Crippen molar-refractivity contribution in [1.82, 2.24) is 10.2 Å². The third-order valence-electron chi connectivity index (χ3n) is 1.26. The number of nitrogens with one attached hydrogen (secondary N) is 2. The highest BCUT2D eigenvalue weighted by molar-refractivity contribution is 6.32. The topological polar surface area (TPSA) is 83.8 Å². The lowest BCUT2D eigenvalue weighted by Crippen LogP contribution is -2.16. The Hall–Kier alpha value is -1.07. The Bertz CT molecular complexity index is 311. The zero-order valence-corrected chi connectivity index (χ0v) is 7.06. The van der Waals surface area contributed by atoms with E-state index < -0.39 is 5.56 Å². The molecule has 6 heteroatoms. The Morgan fingerprint density at radius 3 is 3.17 bits per heavy atom. The monoisotopic (exact) mass is 188 g/mol. The van der Waals surface area contributed by atoms with Crippen molar-refractivity contribution in [2.45, 2.75) is 0 Å². The minimum atomic E-state index is -0.404. The number of halogens is 1. The Labute approximate surface area is 73.9 Å². The number of hydrogen-bond donors (Lipinski definition) is 3. The molecule has 0 aromatic carbocycles. The highest BCUT2D eigenvalue weighted by Gasteiger charge is 2.02. The van der Waals surface area contributed by atoms with Crippen LogP contribution in [0.4, 0.5) is 5.69 Å². The summed E-state index contributed by atoms with van der Waals surface area (Å²) in [5, 5.41) is 8.75. The molecule has 0 bridgehead atoms. The first kappa shape index (κ1) is 9.02. The summed E-state index contributed by atoms with van der Waals surface area (Å²) < 4.78 is 0. The van der Waals surface area contributed by atoms with E-state index in [0.717, 1.165) is 0 Å². The van der Waals surface area contributed by atoms with Crippen LogP contribution in [0.2, 0.25) is 5.02 Å². The van der Waals surface area contributed by atoms with Crippen molar-refractivity contribution in [3.8, 4) is 0 Å². The van der Waals surface area contributed by atoms with Gasteiger partial charge in [-0.1, -0.05) is 11.6 Å². The molecule has 1 aromatic heterocycles. The summed E-state index contributed by atoms with van der Waals surface area (Å²) in [6.07, 6.45) is 1.44. The van der Waals surface area contributed by atoms with Crippen LogP contribution >= 0.6 is 11.6 Å². The van der Waals surface area contributed by atoms with E-state index in [4.69, 9.17) is 17.3 Å². The molecule has 1 aromatic rings. The van der Waals surface area contributed by atoms with E-state index in [2.05, 4.69) is 15.5 Å². The molecule has 4 N–H and O–H groups in total. The third-order valence-corrected chi connectivity index (χ3v) is 1.63. The summed E-state index contributed by atoms with van der Waals surface area (Å²) in [6, 6.07) is 0. The first-order chi connectivity index (χ1) is 5.75. The fourth-order valence-electron chi connectivity index (χ4n) is 0.714. The molecule has 0 saturated heterocycles. The van der Waals surface area contributed by atoms with Gasteiger partial charge in [-0.15, -0.1) is 0 Å². The van der Waals surface area contributed by atoms with Gasteiger partial charge in [0.05, 0.1) is 11.9 Å². The van der Waals surface area contributed by atoms with Crippen LogP contribution in [0, 0.1) is 0 Å². The minimum Gasteiger partial charge on any atom is -0.381 e. The summed E-state index contributed by atoms with van der Waals surface area (Å²) in [5.74, 6) is 0. The molecule has 66 valence electrons. The second-order valence-corrected chi connectivity index (χ2v) is 2.52. The second kappa shape index (κ2) is 4.08. The van der Waals surface area contributed by atoms with Gasteiger partial charge < -0.3 is 11.1 Å².